The zero-order chi connectivity index (χ0) is 26.8. The standard InChI is InChI=1S/C26H22ClFN6O4/c1-14-6-18(25-30-12-31-34(25)2)16-4-3-5-22(24(16)32-14)37-11-19-17(7-15(28)8-20(19)27)21(10-35)33-26(36)23-9-29-13-38-23/h3-9,12-13,21,35H,10-11H2,1-2H3,(H,33,36)/t21-/m0/s1. The van der Waals surface area contributed by atoms with Gasteiger partial charge in [0.15, 0.2) is 12.2 Å². The van der Waals surface area contributed by atoms with E-state index < -0.39 is 24.4 Å². The molecule has 2 aromatic carbocycles. The maximum atomic E-state index is 14.4. The van der Waals surface area contributed by atoms with Crippen LogP contribution >= 0.6 is 11.6 Å². The predicted octanol–water partition coefficient (Wildman–Crippen LogP) is 4.16. The molecule has 0 radical (unpaired) electrons. The molecule has 1 atom stereocenters. The zero-order valence-electron chi connectivity index (χ0n) is 20.4. The van der Waals surface area contributed by atoms with Gasteiger partial charge in [-0.1, -0.05) is 23.7 Å². The third kappa shape index (κ3) is 4.93. The van der Waals surface area contributed by atoms with Gasteiger partial charge in [-0.2, -0.15) is 5.10 Å². The third-order valence-corrected chi connectivity index (χ3v) is 6.31. The molecule has 12 heteroatoms. The first-order chi connectivity index (χ1) is 18.4. The van der Waals surface area contributed by atoms with E-state index in [0.29, 0.717) is 22.7 Å². The van der Waals surface area contributed by atoms with Crippen LogP contribution in [-0.4, -0.2) is 42.4 Å². The number of oxazole rings is 1. The number of fused-ring (bicyclic) bond motifs is 1. The SMILES string of the molecule is Cc1cc(-c2ncnn2C)c2cccc(OCc3c(Cl)cc(F)cc3[C@H](CO)NC(=O)c3cnco3)c2n1. The highest BCUT2D eigenvalue weighted by Gasteiger charge is 2.23. The lowest BCUT2D eigenvalue weighted by Gasteiger charge is -2.21. The van der Waals surface area contributed by atoms with Gasteiger partial charge in [-0.15, -0.1) is 0 Å². The third-order valence-electron chi connectivity index (χ3n) is 5.97. The number of benzene rings is 2. The van der Waals surface area contributed by atoms with Crippen LogP contribution < -0.4 is 10.1 Å². The number of hydrogen-bond donors (Lipinski definition) is 2. The highest BCUT2D eigenvalue weighted by atomic mass is 35.5. The Balaban J connectivity index is 1.49. The summed E-state index contributed by atoms with van der Waals surface area (Å²) in [6, 6.07) is 8.79. The number of aliphatic hydroxyl groups is 1. The van der Waals surface area contributed by atoms with Crippen molar-refractivity contribution in [2.24, 2.45) is 7.05 Å². The van der Waals surface area contributed by atoms with Crippen molar-refractivity contribution in [1.29, 1.82) is 0 Å². The fourth-order valence-corrected chi connectivity index (χ4v) is 4.48. The molecule has 0 fully saturated rings. The second-order valence-corrected chi connectivity index (χ2v) is 8.90. The van der Waals surface area contributed by atoms with Gasteiger partial charge in [0.1, 0.15) is 30.0 Å². The number of nitrogens with one attached hydrogen (secondary N) is 1. The molecule has 38 heavy (non-hydrogen) atoms. The second-order valence-electron chi connectivity index (χ2n) is 8.49. The fraction of sp³-hybridized carbons (Fsp3) is 0.192. The van der Waals surface area contributed by atoms with Crippen molar-refractivity contribution in [2.75, 3.05) is 6.61 Å². The summed E-state index contributed by atoms with van der Waals surface area (Å²) in [5, 5.41) is 17.7. The van der Waals surface area contributed by atoms with Crippen molar-refractivity contribution in [3.63, 3.8) is 0 Å². The molecule has 0 saturated heterocycles. The molecule has 5 aromatic rings. The topological polar surface area (TPSA) is 128 Å². The van der Waals surface area contributed by atoms with Crippen LogP contribution in [0.15, 0.2) is 59.7 Å². The Kier molecular flexibility index (Phi) is 7.03. The maximum Gasteiger partial charge on any atom is 0.289 e. The minimum Gasteiger partial charge on any atom is -0.487 e. The molecule has 0 spiro atoms. The minimum atomic E-state index is -0.991. The van der Waals surface area contributed by atoms with Crippen LogP contribution in [0.4, 0.5) is 4.39 Å². The summed E-state index contributed by atoms with van der Waals surface area (Å²) in [5.74, 6) is -0.169. The van der Waals surface area contributed by atoms with Crippen LogP contribution in [0.3, 0.4) is 0 Å². The number of aliphatic hydroxyl groups excluding tert-OH is 1. The van der Waals surface area contributed by atoms with Crippen LogP contribution in [0.2, 0.25) is 5.02 Å². The van der Waals surface area contributed by atoms with Crippen molar-refractivity contribution < 1.29 is 23.4 Å². The Hall–Kier alpha value is -4.35. The lowest BCUT2D eigenvalue weighted by molar-refractivity contribution is 0.0887. The lowest BCUT2D eigenvalue weighted by atomic mass is 10.0. The molecular formula is C26H22ClFN6O4. The average molecular weight is 537 g/mol. The van der Waals surface area contributed by atoms with Crippen molar-refractivity contribution >= 4 is 28.4 Å². The van der Waals surface area contributed by atoms with E-state index in [-0.39, 0.29) is 23.0 Å². The summed E-state index contributed by atoms with van der Waals surface area (Å²) >= 11 is 6.42. The number of nitrogens with zero attached hydrogens (tertiary/aromatic N) is 5. The monoisotopic (exact) mass is 536 g/mol. The van der Waals surface area contributed by atoms with Crippen LogP contribution in [0.5, 0.6) is 5.75 Å². The van der Waals surface area contributed by atoms with E-state index in [1.165, 1.54) is 18.6 Å². The van der Waals surface area contributed by atoms with Gasteiger partial charge in [-0.3, -0.25) is 4.79 Å². The lowest BCUT2D eigenvalue weighted by Crippen LogP contribution is -2.31. The predicted molar refractivity (Wildman–Crippen MR) is 136 cm³/mol. The molecule has 194 valence electrons. The smallest absolute Gasteiger partial charge is 0.289 e. The molecule has 0 aliphatic carbocycles. The van der Waals surface area contributed by atoms with Crippen LogP contribution in [-0.2, 0) is 13.7 Å². The Bertz CT molecular complexity index is 1620. The van der Waals surface area contributed by atoms with Crippen LogP contribution in [0, 0.1) is 12.7 Å². The minimum absolute atomic E-state index is 0.0559. The summed E-state index contributed by atoms with van der Waals surface area (Å²) in [5.41, 5.74) is 2.84. The number of aryl methyl sites for hydroxylation is 2. The molecule has 3 heterocycles. The van der Waals surface area contributed by atoms with Crippen molar-refractivity contribution in [3.8, 4) is 17.1 Å². The van der Waals surface area contributed by atoms with E-state index in [1.54, 1.807) is 17.8 Å². The summed E-state index contributed by atoms with van der Waals surface area (Å²) in [4.78, 5) is 25.3. The quantitative estimate of drug-likeness (QED) is 0.302. The van der Waals surface area contributed by atoms with Gasteiger partial charge in [0.25, 0.3) is 5.91 Å². The first kappa shape index (κ1) is 25.3. The second kappa shape index (κ2) is 10.6. The molecule has 10 nitrogen and oxygen atoms in total. The number of pyridine rings is 1. The van der Waals surface area contributed by atoms with Gasteiger partial charge in [0, 0.05) is 29.3 Å². The number of ether oxygens (including phenoxy) is 1. The normalized spacial score (nSPS) is 12.0. The molecule has 0 bridgehead atoms. The Labute approximate surface area is 221 Å². The Morgan fingerprint density at radius 3 is 2.87 bits per heavy atom. The highest BCUT2D eigenvalue weighted by molar-refractivity contribution is 6.31. The number of para-hydroxylation sites is 1. The van der Waals surface area contributed by atoms with Crippen LogP contribution in [0.1, 0.15) is 33.4 Å². The van der Waals surface area contributed by atoms with Crippen molar-refractivity contribution in [3.05, 3.63) is 88.7 Å². The summed E-state index contributed by atoms with van der Waals surface area (Å²) in [7, 11) is 1.81. The summed E-state index contributed by atoms with van der Waals surface area (Å²) < 4.78 is 27.2. The summed E-state index contributed by atoms with van der Waals surface area (Å²) in [6.07, 6.45) is 3.82. The molecular weight excluding hydrogens is 515 g/mol. The molecule has 0 aliphatic heterocycles. The van der Waals surface area contributed by atoms with Gasteiger partial charge in [0.05, 0.1) is 23.9 Å². The number of rotatable bonds is 8. The maximum absolute atomic E-state index is 14.4. The number of carbonyl (C=O) groups is 1. The number of aromatic nitrogens is 5. The average Bonchev–Trinajstić information content (AvgIpc) is 3.58. The number of amides is 1. The number of hydrogen-bond acceptors (Lipinski definition) is 8. The van der Waals surface area contributed by atoms with E-state index >= 15 is 0 Å². The first-order valence-corrected chi connectivity index (χ1v) is 11.9. The van der Waals surface area contributed by atoms with Gasteiger partial charge in [-0.25, -0.2) is 24.0 Å². The Morgan fingerprint density at radius 2 is 2.16 bits per heavy atom. The molecule has 0 saturated carbocycles. The van der Waals surface area contributed by atoms with Crippen molar-refractivity contribution in [2.45, 2.75) is 19.6 Å². The molecule has 0 unspecified atom stereocenters. The highest BCUT2D eigenvalue weighted by Crippen LogP contribution is 2.34. The number of carbonyl (C=O) groups excluding carboxylic acids is 1. The first-order valence-electron chi connectivity index (χ1n) is 11.5. The fourth-order valence-electron chi connectivity index (χ4n) is 4.21. The largest absolute Gasteiger partial charge is 0.487 e. The Morgan fingerprint density at radius 1 is 1.32 bits per heavy atom. The van der Waals surface area contributed by atoms with E-state index in [4.69, 9.17) is 20.8 Å². The molecule has 3 aromatic heterocycles. The van der Waals surface area contributed by atoms with E-state index in [9.17, 15) is 14.3 Å². The molecule has 2 N–H and O–H groups in total. The van der Waals surface area contributed by atoms with E-state index in [2.05, 4.69) is 25.4 Å². The van der Waals surface area contributed by atoms with Gasteiger partial charge in [-0.05, 0) is 36.8 Å². The van der Waals surface area contributed by atoms with E-state index in [1.807, 2.05) is 25.1 Å². The van der Waals surface area contributed by atoms with E-state index in [0.717, 1.165) is 29.1 Å². The molecule has 5 rings (SSSR count). The van der Waals surface area contributed by atoms with Gasteiger partial charge >= 0.3 is 0 Å². The van der Waals surface area contributed by atoms with Crippen LogP contribution in [0.25, 0.3) is 22.3 Å². The summed E-state index contributed by atoms with van der Waals surface area (Å²) in [6.45, 7) is 1.26. The molecule has 0 aliphatic rings. The zero-order valence-corrected chi connectivity index (χ0v) is 21.1. The molecule has 1 amide bonds. The van der Waals surface area contributed by atoms with Gasteiger partial charge < -0.3 is 19.6 Å². The van der Waals surface area contributed by atoms with Crippen molar-refractivity contribution in [1.82, 2.24) is 30.0 Å². The van der Waals surface area contributed by atoms with Gasteiger partial charge in [0.2, 0.25) is 5.76 Å². The number of halogens is 2.